The van der Waals surface area contributed by atoms with Gasteiger partial charge in [0.2, 0.25) is 5.13 Å². The highest BCUT2D eigenvalue weighted by molar-refractivity contribution is 8.00. The van der Waals surface area contributed by atoms with Crippen LogP contribution in [0.15, 0.2) is 71.1 Å². The molecule has 1 aromatic heterocycles. The molecule has 0 unspecified atom stereocenters. The van der Waals surface area contributed by atoms with Crippen molar-refractivity contribution >= 4 is 44.7 Å². The minimum atomic E-state index is 0.825. The number of aryl methyl sites for hydroxylation is 1. The Bertz CT molecular complexity index is 1010. The zero-order valence-corrected chi connectivity index (χ0v) is 15.4. The molecule has 25 heavy (non-hydrogen) atoms. The Morgan fingerprint density at radius 2 is 1.80 bits per heavy atom. The van der Waals surface area contributed by atoms with Gasteiger partial charge in [0.15, 0.2) is 4.34 Å². The maximum absolute atomic E-state index is 4.30. The van der Waals surface area contributed by atoms with Gasteiger partial charge in [0, 0.05) is 11.4 Å². The minimum Gasteiger partial charge on any atom is -0.330 e. The van der Waals surface area contributed by atoms with Crippen molar-refractivity contribution in [2.75, 3.05) is 5.32 Å². The fourth-order valence-corrected chi connectivity index (χ4v) is 4.50. The Labute approximate surface area is 155 Å². The van der Waals surface area contributed by atoms with Gasteiger partial charge in [-0.1, -0.05) is 77.7 Å². The van der Waals surface area contributed by atoms with Crippen LogP contribution >= 0.6 is 23.1 Å². The third kappa shape index (κ3) is 3.83. The Hall–Kier alpha value is -2.37. The van der Waals surface area contributed by atoms with Crippen molar-refractivity contribution in [1.29, 1.82) is 0 Å². The molecule has 3 nitrogen and oxygen atoms in total. The molecule has 1 N–H and O–H groups in total. The van der Waals surface area contributed by atoms with Crippen LogP contribution in [0, 0.1) is 6.92 Å². The molecular formula is C20H17N3S2. The molecule has 4 aromatic rings. The second-order valence-electron chi connectivity index (χ2n) is 5.79. The van der Waals surface area contributed by atoms with Crippen LogP contribution in [0.25, 0.3) is 10.8 Å². The zero-order chi connectivity index (χ0) is 17.1. The van der Waals surface area contributed by atoms with E-state index in [1.54, 1.807) is 23.1 Å². The lowest BCUT2D eigenvalue weighted by Gasteiger charge is -2.04. The van der Waals surface area contributed by atoms with Gasteiger partial charge in [-0.25, -0.2) is 0 Å². The van der Waals surface area contributed by atoms with E-state index in [4.69, 9.17) is 0 Å². The predicted molar refractivity (Wildman–Crippen MR) is 108 cm³/mol. The van der Waals surface area contributed by atoms with Gasteiger partial charge < -0.3 is 5.32 Å². The quantitative estimate of drug-likeness (QED) is 0.439. The Morgan fingerprint density at radius 1 is 0.960 bits per heavy atom. The van der Waals surface area contributed by atoms with Crippen molar-refractivity contribution in [3.63, 3.8) is 0 Å². The van der Waals surface area contributed by atoms with E-state index in [2.05, 4.69) is 77.0 Å². The molecule has 4 rings (SSSR count). The molecule has 0 aliphatic carbocycles. The fraction of sp³-hybridized carbons (Fsp3) is 0.100. The highest BCUT2D eigenvalue weighted by atomic mass is 32.2. The molecule has 0 bridgehead atoms. The summed E-state index contributed by atoms with van der Waals surface area (Å²) in [5, 5.41) is 15.3. The van der Waals surface area contributed by atoms with Crippen molar-refractivity contribution in [3.8, 4) is 0 Å². The maximum atomic E-state index is 4.30. The third-order valence-corrected chi connectivity index (χ3v) is 5.93. The molecule has 124 valence electrons. The number of anilines is 2. The summed E-state index contributed by atoms with van der Waals surface area (Å²) < 4.78 is 0.975. The van der Waals surface area contributed by atoms with E-state index in [1.807, 2.05) is 12.1 Å². The highest BCUT2D eigenvalue weighted by Crippen LogP contribution is 2.31. The fourth-order valence-electron chi connectivity index (χ4n) is 2.72. The highest BCUT2D eigenvalue weighted by Gasteiger charge is 2.07. The SMILES string of the molecule is Cc1cccc(Nc2nnc(SCc3cccc4ccccc34)s2)c1. The average Bonchev–Trinajstić information content (AvgIpc) is 3.07. The normalized spacial score (nSPS) is 10.9. The Morgan fingerprint density at radius 3 is 2.72 bits per heavy atom. The molecule has 0 spiro atoms. The first-order valence-corrected chi connectivity index (χ1v) is 9.85. The third-order valence-electron chi connectivity index (χ3n) is 3.91. The lowest BCUT2D eigenvalue weighted by atomic mass is 10.1. The van der Waals surface area contributed by atoms with Gasteiger partial charge in [0.1, 0.15) is 0 Å². The van der Waals surface area contributed by atoms with Crippen molar-refractivity contribution in [2.45, 2.75) is 17.0 Å². The second kappa shape index (κ2) is 7.25. The Kier molecular flexibility index (Phi) is 4.68. The second-order valence-corrected chi connectivity index (χ2v) is 7.99. The van der Waals surface area contributed by atoms with Crippen LogP contribution in [0.5, 0.6) is 0 Å². The van der Waals surface area contributed by atoms with E-state index in [0.717, 1.165) is 20.9 Å². The molecule has 0 aliphatic heterocycles. The summed E-state index contributed by atoms with van der Waals surface area (Å²) >= 11 is 3.32. The average molecular weight is 364 g/mol. The van der Waals surface area contributed by atoms with E-state index in [1.165, 1.54) is 21.9 Å². The van der Waals surface area contributed by atoms with Crippen LogP contribution in [0.4, 0.5) is 10.8 Å². The van der Waals surface area contributed by atoms with Gasteiger partial charge in [0.25, 0.3) is 0 Å². The van der Waals surface area contributed by atoms with Crippen LogP contribution in [0.1, 0.15) is 11.1 Å². The molecule has 0 radical (unpaired) electrons. The molecule has 1 heterocycles. The van der Waals surface area contributed by atoms with Gasteiger partial charge in [-0.05, 0) is 41.0 Å². The smallest absolute Gasteiger partial charge is 0.210 e. The monoisotopic (exact) mass is 363 g/mol. The number of hydrogen-bond acceptors (Lipinski definition) is 5. The molecular weight excluding hydrogens is 346 g/mol. The first kappa shape index (κ1) is 16.1. The lowest BCUT2D eigenvalue weighted by molar-refractivity contribution is 1.01. The summed E-state index contributed by atoms with van der Waals surface area (Å²) in [6.45, 7) is 2.08. The predicted octanol–water partition coefficient (Wildman–Crippen LogP) is 6.04. The summed E-state index contributed by atoms with van der Waals surface area (Å²) in [6.07, 6.45) is 0. The van der Waals surface area contributed by atoms with E-state index in [9.17, 15) is 0 Å². The van der Waals surface area contributed by atoms with E-state index in [0.29, 0.717) is 0 Å². The zero-order valence-electron chi connectivity index (χ0n) is 13.8. The lowest BCUT2D eigenvalue weighted by Crippen LogP contribution is -1.89. The molecule has 5 heteroatoms. The number of rotatable bonds is 5. The number of hydrogen-bond donors (Lipinski definition) is 1. The van der Waals surface area contributed by atoms with Crippen molar-refractivity contribution < 1.29 is 0 Å². The minimum absolute atomic E-state index is 0.825. The number of nitrogens with zero attached hydrogens (tertiary/aromatic N) is 2. The van der Waals surface area contributed by atoms with Crippen molar-refractivity contribution in [3.05, 3.63) is 77.9 Å². The summed E-state index contributed by atoms with van der Waals surface area (Å²) in [6, 6.07) is 23.2. The van der Waals surface area contributed by atoms with Crippen molar-refractivity contribution in [1.82, 2.24) is 10.2 Å². The summed E-state index contributed by atoms with van der Waals surface area (Å²) in [4.78, 5) is 0. The molecule has 0 saturated heterocycles. The number of nitrogens with one attached hydrogen (secondary N) is 1. The van der Waals surface area contributed by atoms with Gasteiger partial charge in [0.05, 0.1) is 0 Å². The van der Waals surface area contributed by atoms with Gasteiger partial charge in [-0.15, -0.1) is 10.2 Å². The van der Waals surface area contributed by atoms with E-state index >= 15 is 0 Å². The van der Waals surface area contributed by atoms with E-state index < -0.39 is 0 Å². The number of fused-ring (bicyclic) bond motifs is 1. The molecule has 3 aromatic carbocycles. The Balaban J connectivity index is 1.46. The molecule has 0 saturated carbocycles. The largest absolute Gasteiger partial charge is 0.330 e. The standard InChI is InChI=1S/C20H17N3S2/c1-14-6-4-10-17(12-14)21-19-22-23-20(25-19)24-13-16-9-5-8-15-7-2-3-11-18(15)16/h2-12H,13H2,1H3,(H,21,22). The number of aromatic nitrogens is 2. The molecule has 0 atom stereocenters. The topological polar surface area (TPSA) is 37.8 Å². The van der Waals surface area contributed by atoms with Crippen molar-refractivity contribution in [2.24, 2.45) is 0 Å². The van der Waals surface area contributed by atoms with Gasteiger partial charge in [-0.2, -0.15) is 0 Å². The van der Waals surface area contributed by atoms with Gasteiger partial charge in [-0.3, -0.25) is 0 Å². The number of benzene rings is 3. The summed E-state index contributed by atoms with van der Waals surface area (Å²) in [5.41, 5.74) is 3.59. The van der Waals surface area contributed by atoms with Crippen LogP contribution in [-0.2, 0) is 5.75 Å². The van der Waals surface area contributed by atoms with Crippen LogP contribution in [0.3, 0.4) is 0 Å². The van der Waals surface area contributed by atoms with Crippen LogP contribution < -0.4 is 5.32 Å². The maximum Gasteiger partial charge on any atom is 0.210 e. The summed E-state index contributed by atoms with van der Waals surface area (Å²) in [5.74, 6) is 0.889. The van der Waals surface area contributed by atoms with E-state index in [-0.39, 0.29) is 0 Å². The first-order chi connectivity index (χ1) is 12.3. The van der Waals surface area contributed by atoms with Crippen LogP contribution in [0.2, 0.25) is 0 Å². The molecule has 0 fully saturated rings. The van der Waals surface area contributed by atoms with Crippen LogP contribution in [-0.4, -0.2) is 10.2 Å². The number of thioether (sulfide) groups is 1. The molecule has 0 aliphatic rings. The summed E-state index contributed by atoms with van der Waals surface area (Å²) in [7, 11) is 0. The van der Waals surface area contributed by atoms with Gasteiger partial charge >= 0.3 is 0 Å². The molecule has 0 amide bonds. The first-order valence-electron chi connectivity index (χ1n) is 8.04.